The molecule has 0 saturated carbocycles. The van der Waals surface area contributed by atoms with E-state index in [2.05, 4.69) is 240 Å². The van der Waals surface area contributed by atoms with Crippen LogP contribution in [-0.4, -0.2) is 13.4 Å². The molecule has 14 rings (SSSR count). The highest BCUT2D eigenvalue weighted by atomic mass is 16.5. The standard InChI is InChI=1S/C60H38B2N2O3/c1-5-19-39(20-6-1)41-33-52-59-56(34-41)65-53-31-17-14-28-46(53)61(59)48-37-49-55(38-51(48)64(52)50-30-16-13-27-45(50)40-21-7-2-8-22-40)67-58-36-44(35-57-60(58)62(49)47-29-15-18-32-54(47)66-57)63(42-23-9-3-10-24-42)43-25-11-4-12-26-43/h1-38H. The molecule has 4 aliphatic rings. The zero-order chi connectivity index (χ0) is 44.0. The molecule has 0 aliphatic carbocycles. The first kappa shape index (κ1) is 37.7. The Morgan fingerprint density at radius 3 is 1.45 bits per heavy atom. The van der Waals surface area contributed by atoms with Crippen molar-refractivity contribution in [1.29, 1.82) is 0 Å². The molecule has 0 radical (unpaired) electrons. The summed E-state index contributed by atoms with van der Waals surface area (Å²) in [6.07, 6.45) is 0. The molecule has 0 bridgehead atoms. The average Bonchev–Trinajstić information content (AvgIpc) is 3.39. The van der Waals surface area contributed by atoms with E-state index >= 15 is 0 Å². The van der Waals surface area contributed by atoms with Crippen molar-refractivity contribution < 1.29 is 14.2 Å². The van der Waals surface area contributed by atoms with Crippen LogP contribution in [0.3, 0.4) is 0 Å². The minimum Gasteiger partial charge on any atom is -0.458 e. The van der Waals surface area contributed by atoms with Crippen LogP contribution in [0.2, 0.25) is 0 Å². The van der Waals surface area contributed by atoms with E-state index in [9.17, 15) is 0 Å². The molecule has 0 aromatic heterocycles. The van der Waals surface area contributed by atoms with Gasteiger partial charge in [0.05, 0.1) is 11.4 Å². The molecule has 0 amide bonds. The van der Waals surface area contributed by atoms with Crippen LogP contribution >= 0.6 is 0 Å². The number of hydrogen-bond donors (Lipinski definition) is 0. The fourth-order valence-corrected chi connectivity index (χ4v) is 10.9. The highest BCUT2D eigenvalue weighted by molar-refractivity contribution is 7.01. The Kier molecular flexibility index (Phi) is 8.40. The van der Waals surface area contributed by atoms with Gasteiger partial charge in [0.25, 0.3) is 13.4 Å². The summed E-state index contributed by atoms with van der Waals surface area (Å²) in [6.45, 7) is -0.273. The summed E-state index contributed by atoms with van der Waals surface area (Å²) in [4.78, 5) is 4.73. The molecule has 5 nitrogen and oxygen atoms in total. The van der Waals surface area contributed by atoms with Gasteiger partial charge in [0.1, 0.15) is 34.5 Å². The molecular formula is C60H38B2N2O3. The van der Waals surface area contributed by atoms with E-state index < -0.39 is 0 Å². The van der Waals surface area contributed by atoms with Crippen LogP contribution in [0.25, 0.3) is 22.3 Å². The normalized spacial score (nSPS) is 13.0. The van der Waals surface area contributed by atoms with Gasteiger partial charge in [-0.3, -0.25) is 0 Å². The first-order valence-electron chi connectivity index (χ1n) is 22.9. The third kappa shape index (κ3) is 5.91. The molecular weight excluding hydrogens is 818 g/mol. The highest BCUT2D eigenvalue weighted by Crippen LogP contribution is 2.48. The Bertz CT molecular complexity index is 3550. The molecule has 67 heavy (non-hydrogen) atoms. The molecule has 0 N–H and O–H groups in total. The van der Waals surface area contributed by atoms with E-state index in [4.69, 9.17) is 14.2 Å². The molecule has 0 unspecified atom stereocenters. The fraction of sp³-hybridized carbons (Fsp3) is 0. The predicted molar refractivity (Wildman–Crippen MR) is 276 cm³/mol. The van der Waals surface area contributed by atoms with Crippen molar-refractivity contribution in [2.24, 2.45) is 0 Å². The van der Waals surface area contributed by atoms with Gasteiger partial charge >= 0.3 is 0 Å². The SMILES string of the molecule is c1ccc(-c2cc3c4c(c2)N(c2ccccc2-c2ccccc2)c2cc5c(cc2B4c2ccccc2O3)B2c3ccccc3Oc3cc(N(c4ccccc4)c4ccccc4)cc(c32)O5)cc1. The van der Waals surface area contributed by atoms with Crippen LogP contribution in [0.5, 0.6) is 34.5 Å². The number of para-hydroxylation sites is 5. The van der Waals surface area contributed by atoms with Gasteiger partial charge in [-0.1, -0.05) is 158 Å². The van der Waals surface area contributed by atoms with Gasteiger partial charge in [0.15, 0.2) is 0 Å². The lowest BCUT2D eigenvalue weighted by Crippen LogP contribution is -2.62. The van der Waals surface area contributed by atoms with E-state index in [0.717, 1.165) is 118 Å². The zero-order valence-electron chi connectivity index (χ0n) is 36.2. The first-order chi connectivity index (χ1) is 33.2. The monoisotopic (exact) mass is 856 g/mol. The van der Waals surface area contributed by atoms with Crippen molar-refractivity contribution in [3.05, 3.63) is 231 Å². The maximum Gasteiger partial charge on any atom is 0.260 e. The summed E-state index contributed by atoms with van der Waals surface area (Å²) >= 11 is 0. The summed E-state index contributed by atoms with van der Waals surface area (Å²) in [5.41, 5.74) is 17.4. The number of rotatable bonds is 6. The smallest absolute Gasteiger partial charge is 0.260 e. The van der Waals surface area contributed by atoms with Gasteiger partial charge in [0, 0.05) is 52.0 Å². The van der Waals surface area contributed by atoms with Crippen LogP contribution < -0.4 is 56.8 Å². The second kappa shape index (κ2) is 14.9. The molecule has 0 spiro atoms. The molecule has 10 aromatic rings. The molecule has 312 valence electrons. The Morgan fingerprint density at radius 2 is 0.806 bits per heavy atom. The third-order valence-electron chi connectivity index (χ3n) is 13.8. The lowest BCUT2D eigenvalue weighted by molar-refractivity contribution is 0.465. The number of ether oxygens (including phenoxy) is 3. The lowest BCUT2D eigenvalue weighted by Gasteiger charge is -2.42. The van der Waals surface area contributed by atoms with Gasteiger partial charge in [-0.15, -0.1) is 0 Å². The minimum atomic E-state index is -0.151. The summed E-state index contributed by atoms with van der Waals surface area (Å²) in [5.74, 6) is 4.94. The molecule has 7 heteroatoms. The maximum atomic E-state index is 7.37. The van der Waals surface area contributed by atoms with Gasteiger partial charge in [-0.2, -0.15) is 0 Å². The van der Waals surface area contributed by atoms with Gasteiger partial charge in [0.2, 0.25) is 0 Å². The van der Waals surface area contributed by atoms with Crippen LogP contribution in [0, 0.1) is 0 Å². The third-order valence-corrected chi connectivity index (χ3v) is 13.8. The topological polar surface area (TPSA) is 34.2 Å². The Labute approximate surface area is 389 Å². The summed E-state index contributed by atoms with van der Waals surface area (Å²) in [6, 6.07) is 81.8. The molecule has 4 aliphatic heterocycles. The number of benzene rings is 10. The number of anilines is 6. The second-order valence-electron chi connectivity index (χ2n) is 17.6. The van der Waals surface area contributed by atoms with E-state index in [1.165, 1.54) is 5.46 Å². The molecule has 0 fully saturated rings. The van der Waals surface area contributed by atoms with Crippen LogP contribution in [-0.2, 0) is 0 Å². The van der Waals surface area contributed by atoms with Crippen molar-refractivity contribution in [3.63, 3.8) is 0 Å². The van der Waals surface area contributed by atoms with E-state index in [1.807, 2.05) is 0 Å². The van der Waals surface area contributed by atoms with Gasteiger partial charge < -0.3 is 24.0 Å². The molecule has 4 heterocycles. The number of fused-ring (bicyclic) bond motifs is 8. The summed E-state index contributed by atoms with van der Waals surface area (Å²) in [5, 5.41) is 0. The van der Waals surface area contributed by atoms with E-state index in [1.54, 1.807) is 0 Å². The molecule has 10 aromatic carbocycles. The maximum absolute atomic E-state index is 7.37. The second-order valence-corrected chi connectivity index (χ2v) is 17.6. The molecule has 0 atom stereocenters. The molecule has 0 saturated heterocycles. The quantitative estimate of drug-likeness (QED) is 0.156. The van der Waals surface area contributed by atoms with Crippen molar-refractivity contribution in [1.82, 2.24) is 0 Å². The average molecular weight is 857 g/mol. The van der Waals surface area contributed by atoms with Crippen molar-refractivity contribution in [3.8, 4) is 56.8 Å². The largest absolute Gasteiger partial charge is 0.458 e. The Hall–Kier alpha value is -8.67. The minimum absolute atomic E-state index is 0.121. The van der Waals surface area contributed by atoms with Crippen LogP contribution in [0.4, 0.5) is 34.1 Å². The highest BCUT2D eigenvalue weighted by Gasteiger charge is 2.46. The fourth-order valence-electron chi connectivity index (χ4n) is 10.9. The Morgan fingerprint density at radius 1 is 0.299 bits per heavy atom. The van der Waals surface area contributed by atoms with Crippen molar-refractivity contribution in [2.75, 3.05) is 9.80 Å². The van der Waals surface area contributed by atoms with Crippen molar-refractivity contribution in [2.45, 2.75) is 0 Å². The number of hydrogen-bond acceptors (Lipinski definition) is 5. The van der Waals surface area contributed by atoms with Gasteiger partial charge in [-0.25, -0.2) is 0 Å². The zero-order valence-corrected chi connectivity index (χ0v) is 36.2. The number of nitrogens with zero attached hydrogens (tertiary/aromatic N) is 2. The van der Waals surface area contributed by atoms with Crippen LogP contribution in [0.15, 0.2) is 231 Å². The summed E-state index contributed by atoms with van der Waals surface area (Å²) in [7, 11) is 0. The lowest BCUT2D eigenvalue weighted by atomic mass is 9.31. The summed E-state index contributed by atoms with van der Waals surface area (Å²) < 4.78 is 21.3. The Balaban J connectivity index is 1.04. The van der Waals surface area contributed by atoms with Gasteiger partial charge in [-0.05, 0) is 98.6 Å². The first-order valence-corrected chi connectivity index (χ1v) is 22.9. The van der Waals surface area contributed by atoms with Crippen LogP contribution in [0.1, 0.15) is 0 Å². The van der Waals surface area contributed by atoms with E-state index in [-0.39, 0.29) is 13.4 Å². The van der Waals surface area contributed by atoms with E-state index in [0.29, 0.717) is 0 Å². The van der Waals surface area contributed by atoms with Crippen molar-refractivity contribution >= 4 is 80.3 Å². The predicted octanol–water partition coefficient (Wildman–Crippen LogP) is 11.6.